The minimum Gasteiger partial charge on any atom is -0.482 e. The van der Waals surface area contributed by atoms with Crippen molar-refractivity contribution in [2.45, 2.75) is 13.2 Å². The highest BCUT2D eigenvalue weighted by Gasteiger charge is 2.13. The summed E-state index contributed by atoms with van der Waals surface area (Å²) in [7, 11) is 0. The van der Waals surface area contributed by atoms with Gasteiger partial charge in [-0.3, -0.25) is 10.1 Å². The van der Waals surface area contributed by atoms with Crippen LogP contribution < -0.4 is 4.74 Å². The van der Waals surface area contributed by atoms with E-state index in [1.54, 1.807) is 30.3 Å². The third-order valence-corrected chi connectivity index (χ3v) is 2.66. The van der Waals surface area contributed by atoms with Gasteiger partial charge in [-0.05, 0) is 17.2 Å². The number of aliphatic hydroxyl groups is 1. The molecule has 98 valence electrons. The predicted octanol–water partition coefficient (Wildman–Crippen LogP) is 2.67. The van der Waals surface area contributed by atoms with Crippen LogP contribution in [-0.2, 0) is 13.2 Å². The zero-order chi connectivity index (χ0) is 13.7. The Hall–Kier alpha value is -2.40. The molecule has 0 aliphatic heterocycles. The predicted molar refractivity (Wildman–Crippen MR) is 69.8 cm³/mol. The van der Waals surface area contributed by atoms with Crippen molar-refractivity contribution >= 4 is 5.69 Å². The van der Waals surface area contributed by atoms with Crippen molar-refractivity contribution in [3.05, 3.63) is 69.8 Å². The molecule has 0 saturated heterocycles. The number of nitrogens with zero attached hydrogens (tertiary/aromatic N) is 1. The van der Waals surface area contributed by atoms with Crippen LogP contribution in [0, 0.1) is 10.1 Å². The fraction of sp³-hybridized carbons (Fsp3) is 0.143. The number of nitro benzene ring substituents is 1. The molecule has 0 aliphatic carbocycles. The summed E-state index contributed by atoms with van der Waals surface area (Å²) in [4.78, 5) is 10.3. The Morgan fingerprint density at radius 1 is 1.05 bits per heavy atom. The molecule has 2 aromatic rings. The summed E-state index contributed by atoms with van der Waals surface area (Å²) in [6, 6.07) is 13.5. The quantitative estimate of drug-likeness (QED) is 0.661. The Morgan fingerprint density at radius 3 is 2.32 bits per heavy atom. The Labute approximate surface area is 110 Å². The van der Waals surface area contributed by atoms with Crippen molar-refractivity contribution in [2.24, 2.45) is 0 Å². The average Bonchev–Trinajstić information content (AvgIpc) is 2.46. The molecule has 0 heterocycles. The first-order chi connectivity index (χ1) is 9.20. The van der Waals surface area contributed by atoms with Crippen molar-refractivity contribution in [1.82, 2.24) is 0 Å². The van der Waals surface area contributed by atoms with Gasteiger partial charge in [0.2, 0.25) is 0 Å². The molecule has 1 N–H and O–H groups in total. The molecule has 0 radical (unpaired) electrons. The Bertz CT molecular complexity index is 566. The number of aliphatic hydroxyl groups excluding tert-OH is 1. The fourth-order valence-corrected chi connectivity index (χ4v) is 1.63. The molecule has 0 unspecified atom stereocenters. The van der Waals surface area contributed by atoms with E-state index in [2.05, 4.69) is 0 Å². The number of nitro groups is 1. The molecule has 2 aromatic carbocycles. The molecular formula is C14H13NO4. The number of ether oxygens (including phenoxy) is 1. The lowest BCUT2D eigenvalue weighted by molar-refractivity contribution is -0.385. The van der Waals surface area contributed by atoms with Crippen LogP contribution in [0.4, 0.5) is 5.69 Å². The van der Waals surface area contributed by atoms with Crippen LogP contribution in [0.1, 0.15) is 11.1 Å². The van der Waals surface area contributed by atoms with E-state index < -0.39 is 4.92 Å². The highest BCUT2D eigenvalue weighted by atomic mass is 16.6. The number of para-hydroxylation sites is 2. The minimum absolute atomic E-state index is 0.00864. The second kappa shape index (κ2) is 5.97. The van der Waals surface area contributed by atoms with Gasteiger partial charge >= 0.3 is 5.69 Å². The maximum absolute atomic E-state index is 10.8. The van der Waals surface area contributed by atoms with Crippen molar-refractivity contribution in [3.8, 4) is 5.75 Å². The SMILES string of the molecule is O=[N+]([O-])c1ccccc1OCc1ccc(CO)cc1. The van der Waals surface area contributed by atoms with Crippen molar-refractivity contribution in [3.63, 3.8) is 0 Å². The number of hydrogen-bond donors (Lipinski definition) is 1. The number of benzene rings is 2. The van der Waals surface area contributed by atoms with Gasteiger partial charge in [0.05, 0.1) is 11.5 Å². The lowest BCUT2D eigenvalue weighted by Crippen LogP contribution is -1.99. The highest BCUT2D eigenvalue weighted by Crippen LogP contribution is 2.26. The van der Waals surface area contributed by atoms with Gasteiger partial charge in [-0.2, -0.15) is 0 Å². The van der Waals surface area contributed by atoms with E-state index in [1.165, 1.54) is 6.07 Å². The van der Waals surface area contributed by atoms with Gasteiger partial charge in [-0.15, -0.1) is 0 Å². The van der Waals surface area contributed by atoms with Gasteiger partial charge < -0.3 is 9.84 Å². The van der Waals surface area contributed by atoms with Crippen molar-refractivity contribution in [2.75, 3.05) is 0 Å². The molecule has 0 spiro atoms. The summed E-state index contributed by atoms with van der Waals surface area (Å²) in [6.45, 7) is 0.238. The van der Waals surface area contributed by atoms with Crippen LogP contribution >= 0.6 is 0 Å². The molecule has 5 nitrogen and oxygen atoms in total. The summed E-state index contributed by atoms with van der Waals surface area (Å²) in [5.74, 6) is 0.249. The third-order valence-electron chi connectivity index (χ3n) is 2.66. The summed E-state index contributed by atoms with van der Waals surface area (Å²) < 4.78 is 5.45. The normalized spacial score (nSPS) is 10.2. The Balaban J connectivity index is 2.07. The van der Waals surface area contributed by atoms with Crippen LogP contribution in [0.15, 0.2) is 48.5 Å². The summed E-state index contributed by atoms with van der Waals surface area (Å²) in [5, 5.41) is 19.7. The van der Waals surface area contributed by atoms with E-state index in [1.807, 2.05) is 12.1 Å². The smallest absolute Gasteiger partial charge is 0.310 e. The van der Waals surface area contributed by atoms with E-state index in [4.69, 9.17) is 9.84 Å². The van der Waals surface area contributed by atoms with Crippen molar-refractivity contribution < 1.29 is 14.8 Å². The van der Waals surface area contributed by atoms with Gasteiger partial charge in [-0.1, -0.05) is 36.4 Å². The van der Waals surface area contributed by atoms with Crippen LogP contribution in [0.25, 0.3) is 0 Å². The molecule has 5 heteroatoms. The number of hydrogen-bond acceptors (Lipinski definition) is 4. The van der Waals surface area contributed by atoms with Crippen LogP contribution in [0.3, 0.4) is 0 Å². The first kappa shape index (κ1) is 13.0. The van der Waals surface area contributed by atoms with E-state index in [-0.39, 0.29) is 24.7 Å². The zero-order valence-electron chi connectivity index (χ0n) is 10.2. The van der Waals surface area contributed by atoms with E-state index in [0.29, 0.717) is 0 Å². The summed E-state index contributed by atoms with van der Waals surface area (Å²) in [6.07, 6.45) is 0. The van der Waals surface area contributed by atoms with Gasteiger partial charge in [0.25, 0.3) is 0 Å². The van der Waals surface area contributed by atoms with Crippen LogP contribution in [-0.4, -0.2) is 10.0 Å². The highest BCUT2D eigenvalue weighted by molar-refractivity contribution is 5.45. The molecule has 0 fully saturated rings. The first-order valence-electron chi connectivity index (χ1n) is 5.75. The molecular weight excluding hydrogens is 246 g/mol. The third kappa shape index (κ3) is 3.29. The van der Waals surface area contributed by atoms with E-state index in [0.717, 1.165) is 11.1 Å². The molecule has 19 heavy (non-hydrogen) atoms. The van der Waals surface area contributed by atoms with Crippen LogP contribution in [0.2, 0.25) is 0 Å². The number of rotatable bonds is 5. The van der Waals surface area contributed by atoms with Gasteiger partial charge in [-0.25, -0.2) is 0 Å². The molecule has 0 aliphatic rings. The largest absolute Gasteiger partial charge is 0.482 e. The molecule has 0 saturated carbocycles. The first-order valence-corrected chi connectivity index (χ1v) is 5.75. The second-order valence-corrected chi connectivity index (χ2v) is 3.99. The molecule has 0 atom stereocenters. The molecule has 0 amide bonds. The second-order valence-electron chi connectivity index (χ2n) is 3.99. The van der Waals surface area contributed by atoms with Crippen LogP contribution in [0.5, 0.6) is 5.75 Å². The lowest BCUT2D eigenvalue weighted by Gasteiger charge is -2.07. The standard InChI is InChI=1S/C14H13NO4/c16-9-11-5-7-12(8-6-11)10-19-14-4-2-1-3-13(14)15(17)18/h1-8,16H,9-10H2. The molecule has 0 aromatic heterocycles. The Morgan fingerprint density at radius 2 is 1.68 bits per heavy atom. The summed E-state index contributed by atoms with van der Waals surface area (Å²) in [5.41, 5.74) is 1.65. The van der Waals surface area contributed by atoms with E-state index in [9.17, 15) is 10.1 Å². The molecule has 0 bridgehead atoms. The van der Waals surface area contributed by atoms with E-state index >= 15 is 0 Å². The van der Waals surface area contributed by atoms with Gasteiger partial charge in [0.1, 0.15) is 6.61 Å². The maximum atomic E-state index is 10.8. The average molecular weight is 259 g/mol. The Kier molecular flexibility index (Phi) is 4.10. The molecule has 2 rings (SSSR count). The fourth-order valence-electron chi connectivity index (χ4n) is 1.63. The van der Waals surface area contributed by atoms with Gasteiger partial charge in [0.15, 0.2) is 5.75 Å². The van der Waals surface area contributed by atoms with Gasteiger partial charge in [0, 0.05) is 6.07 Å². The van der Waals surface area contributed by atoms with Crippen molar-refractivity contribution in [1.29, 1.82) is 0 Å². The topological polar surface area (TPSA) is 72.6 Å². The summed E-state index contributed by atoms with van der Waals surface area (Å²) >= 11 is 0. The zero-order valence-corrected chi connectivity index (χ0v) is 10.2. The maximum Gasteiger partial charge on any atom is 0.310 e. The monoisotopic (exact) mass is 259 g/mol. The lowest BCUT2D eigenvalue weighted by atomic mass is 10.1. The minimum atomic E-state index is -0.468.